The first kappa shape index (κ1) is 19.1. The van der Waals surface area contributed by atoms with Crippen molar-refractivity contribution in [2.24, 2.45) is 11.3 Å². The predicted octanol–water partition coefficient (Wildman–Crippen LogP) is 3.20. The number of carbonyl (C=O) groups is 2. The number of hydrogen-bond acceptors (Lipinski definition) is 3. The van der Waals surface area contributed by atoms with Crippen molar-refractivity contribution < 1.29 is 19.1 Å². The second-order valence-corrected chi connectivity index (χ2v) is 7.60. The summed E-state index contributed by atoms with van der Waals surface area (Å²) in [5.41, 5.74) is 1.12. The first-order valence-electron chi connectivity index (χ1n) is 9.01. The average Bonchev–Trinajstić information content (AvgIpc) is 3.18. The lowest BCUT2D eigenvalue weighted by Crippen LogP contribution is -2.40. The third-order valence-corrected chi connectivity index (χ3v) is 5.55. The highest BCUT2D eigenvalue weighted by Crippen LogP contribution is 2.38. The molecule has 7 heteroatoms. The highest BCUT2D eigenvalue weighted by molar-refractivity contribution is 5.95. The van der Waals surface area contributed by atoms with Crippen molar-refractivity contribution in [1.82, 2.24) is 14.7 Å². The summed E-state index contributed by atoms with van der Waals surface area (Å²) in [7, 11) is 0. The number of rotatable bonds is 4. The molecule has 1 amide bonds. The number of halogens is 1. The molecule has 3 rings (SSSR count). The number of aromatic nitrogens is 2. The molecule has 0 radical (unpaired) electrons. The van der Waals surface area contributed by atoms with Gasteiger partial charge in [-0.15, -0.1) is 0 Å². The van der Waals surface area contributed by atoms with E-state index in [1.807, 2.05) is 33.8 Å². The number of aliphatic carboxylic acids is 1. The number of carboxylic acids is 1. The van der Waals surface area contributed by atoms with Crippen LogP contribution in [0.15, 0.2) is 24.3 Å². The highest BCUT2D eigenvalue weighted by atomic mass is 19.1. The Kier molecular flexibility index (Phi) is 4.80. The minimum Gasteiger partial charge on any atom is -0.481 e. The lowest BCUT2D eigenvalue weighted by molar-refractivity contribution is -0.150. The lowest BCUT2D eigenvalue weighted by atomic mass is 9.76. The highest BCUT2D eigenvalue weighted by Gasteiger charge is 2.48. The zero-order valence-electron chi connectivity index (χ0n) is 16.0. The van der Waals surface area contributed by atoms with Gasteiger partial charge in [-0.25, -0.2) is 9.07 Å². The van der Waals surface area contributed by atoms with Crippen LogP contribution < -0.4 is 0 Å². The normalized spacial score (nSPS) is 19.7. The minimum absolute atomic E-state index is 0.0991. The van der Waals surface area contributed by atoms with Crippen LogP contribution in [0.5, 0.6) is 0 Å². The Morgan fingerprint density at radius 2 is 1.96 bits per heavy atom. The molecule has 0 spiro atoms. The molecule has 1 saturated heterocycles. The number of nitrogens with zero attached hydrogens (tertiary/aromatic N) is 3. The van der Waals surface area contributed by atoms with Crippen LogP contribution in [-0.2, 0) is 4.79 Å². The molecule has 2 aromatic rings. The monoisotopic (exact) mass is 373 g/mol. The molecule has 1 atom stereocenters. The molecular weight excluding hydrogens is 349 g/mol. The Morgan fingerprint density at radius 1 is 1.26 bits per heavy atom. The summed E-state index contributed by atoms with van der Waals surface area (Å²) in [4.78, 5) is 26.1. The van der Waals surface area contributed by atoms with Crippen molar-refractivity contribution in [2.45, 2.75) is 34.1 Å². The Morgan fingerprint density at radius 3 is 2.44 bits per heavy atom. The van der Waals surface area contributed by atoms with E-state index in [2.05, 4.69) is 5.10 Å². The van der Waals surface area contributed by atoms with Gasteiger partial charge >= 0.3 is 5.97 Å². The fourth-order valence-corrected chi connectivity index (χ4v) is 3.77. The van der Waals surface area contributed by atoms with E-state index in [-0.39, 0.29) is 29.6 Å². The number of carbonyl (C=O) groups excluding carboxylic acids is 1. The number of carboxylic acid groups (broad SMARTS) is 1. The van der Waals surface area contributed by atoms with Gasteiger partial charge in [0, 0.05) is 24.3 Å². The number of benzene rings is 1. The lowest BCUT2D eigenvalue weighted by Gasteiger charge is -2.28. The summed E-state index contributed by atoms with van der Waals surface area (Å²) in [6.45, 7) is 7.86. The second kappa shape index (κ2) is 6.79. The van der Waals surface area contributed by atoms with Gasteiger partial charge in [0.15, 0.2) is 0 Å². The van der Waals surface area contributed by atoms with E-state index in [1.165, 1.54) is 21.7 Å². The molecule has 0 saturated carbocycles. The molecule has 2 heterocycles. The molecule has 144 valence electrons. The van der Waals surface area contributed by atoms with Crippen molar-refractivity contribution in [3.63, 3.8) is 0 Å². The Bertz CT molecular complexity index is 906. The van der Waals surface area contributed by atoms with Gasteiger partial charge in [0.2, 0.25) is 0 Å². The van der Waals surface area contributed by atoms with Gasteiger partial charge in [0.1, 0.15) is 11.5 Å². The van der Waals surface area contributed by atoms with Crippen LogP contribution in [0.25, 0.3) is 5.69 Å². The Balaban J connectivity index is 1.85. The molecule has 1 aliphatic rings. The molecule has 27 heavy (non-hydrogen) atoms. The summed E-state index contributed by atoms with van der Waals surface area (Å²) in [5, 5.41) is 13.9. The van der Waals surface area contributed by atoms with Gasteiger partial charge in [-0.2, -0.15) is 5.10 Å². The molecule has 1 aromatic carbocycles. The predicted molar refractivity (Wildman–Crippen MR) is 98.4 cm³/mol. The summed E-state index contributed by atoms with van der Waals surface area (Å²) >= 11 is 0. The van der Waals surface area contributed by atoms with Crippen LogP contribution in [0, 0.1) is 31.0 Å². The van der Waals surface area contributed by atoms with Crippen LogP contribution in [-0.4, -0.2) is 44.8 Å². The van der Waals surface area contributed by atoms with Crippen molar-refractivity contribution in [3.8, 4) is 5.69 Å². The number of amides is 1. The minimum atomic E-state index is -0.947. The third-order valence-electron chi connectivity index (χ3n) is 5.55. The van der Waals surface area contributed by atoms with Gasteiger partial charge in [-0.3, -0.25) is 9.59 Å². The van der Waals surface area contributed by atoms with Crippen molar-refractivity contribution in [1.29, 1.82) is 0 Å². The van der Waals surface area contributed by atoms with E-state index in [9.17, 15) is 19.1 Å². The van der Waals surface area contributed by atoms with Gasteiger partial charge in [0.05, 0.1) is 11.1 Å². The Labute approximate surface area is 157 Å². The number of aryl methyl sites for hydroxylation is 2. The zero-order chi connectivity index (χ0) is 19.9. The fourth-order valence-electron chi connectivity index (χ4n) is 3.77. The molecule has 0 aliphatic carbocycles. The van der Waals surface area contributed by atoms with Gasteiger partial charge in [-0.05, 0) is 50.5 Å². The Hall–Kier alpha value is -2.70. The first-order chi connectivity index (χ1) is 12.7. The molecule has 1 fully saturated rings. The number of likely N-dealkylation sites (tertiary alicyclic amines) is 1. The first-order valence-corrected chi connectivity index (χ1v) is 9.01. The van der Waals surface area contributed by atoms with Gasteiger partial charge < -0.3 is 10.0 Å². The van der Waals surface area contributed by atoms with Crippen molar-refractivity contribution in [2.75, 3.05) is 13.1 Å². The molecule has 1 aliphatic heterocycles. The van der Waals surface area contributed by atoms with E-state index in [0.717, 1.165) is 11.4 Å². The van der Waals surface area contributed by atoms with E-state index in [0.29, 0.717) is 13.0 Å². The quantitative estimate of drug-likeness (QED) is 0.893. The van der Waals surface area contributed by atoms with Crippen molar-refractivity contribution >= 4 is 11.9 Å². The topological polar surface area (TPSA) is 75.4 Å². The summed E-state index contributed by atoms with van der Waals surface area (Å²) in [5.74, 6) is -1.88. The fraction of sp³-hybridized carbons (Fsp3) is 0.450. The van der Waals surface area contributed by atoms with Crippen molar-refractivity contribution in [3.05, 3.63) is 47.0 Å². The van der Waals surface area contributed by atoms with E-state index >= 15 is 0 Å². The molecule has 1 aromatic heterocycles. The van der Waals surface area contributed by atoms with E-state index in [1.54, 1.807) is 6.07 Å². The van der Waals surface area contributed by atoms with Gasteiger partial charge in [0.25, 0.3) is 5.91 Å². The zero-order valence-corrected chi connectivity index (χ0v) is 16.0. The largest absolute Gasteiger partial charge is 0.481 e. The SMILES string of the molecule is Cc1cc(C)n(-c2ccc(C(=O)N3CCC(C(=O)O)(C(C)C)C3)cc2F)n1. The molecular formula is C20H24FN3O3. The molecule has 0 bridgehead atoms. The average molecular weight is 373 g/mol. The van der Waals surface area contributed by atoms with Gasteiger partial charge in [-0.1, -0.05) is 13.8 Å². The summed E-state index contributed by atoms with van der Waals surface area (Å²) in [6, 6.07) is 6.14. The standard InChI is InChI=1S/C20H24FN3O3/c1-12(2)20(19(26)27)7-8-23(11-20)18(25)15-5-6-17(16(21)10-15)24-14(4)9-13(3)22-24/h5-6,9-10,12H,7-8,11H2,1-4H3,(H,26,27). The van der Waals surface area contributed by atoms with Crippen LogP contribution in [0.1, 0.15) is 42.0 Å². The molecule has 1 unspecified atom stereocenters. The van der Waals surface area contributed by atoms with Crippen LogP contribution in [0.3, 0.4) is 0 Å². The molecule has 1 N–H and O–H groups in total. The number of hydrogen-bond donors (Lipinski definition) is 1. The van der Waals surface area contributed by atoms with Crippen LogP contribution >= 0.6 is 0 Å². The summed E-state index contributed by atoms with van der Waals surface area (Å²) in [6.07, 6.45) is 0.401. The maximum atomic E-state index is 14.7. The van der Waals surface area contributed by atoms with E-state index < -0.39 is 17.2 Å². The van der Waals surface area contributed by atoms with E-state index in [4.69, 9.17) is 0 Å². The second-order valence-electron chi connectivity index (χ2n) is 7.60. The van der Waals surface area contributed by atoms with Crippen LogP contribution in [0.2, 0.25) is 0 Å². The summed E-state index contributed by atoms with van der Waals surface area (Å²) < 4.78 is 16.2. The molecule has 6 nitrogen and oxygen atoms in total. The maximum Gasteiger partial charge on any atom is 0.311 e. The van der Waals surface area contributed by atoms with Crippen LogP contribution in [0.4, 0.5) is 4.39 Å². The third kappa shape index (κ3) is 3.22. The maximum absolute atomic E-state index is 14.7. The smallest absolute Gasteiger partial charge is 0.311 e.